The first-order valence-electron chi connectivity index (χ1n) is 10.5. The van der Waals surface area contributed by atoms with Gasteiger partial charge in [0.15, 0.2) is 23.4 Å². The molecule has 0 aliphatic carbocycles. The molecule has 4 N–H and O–H groups in total. The highest BCUT2D eigenvalue weighted by atomic mass is 79.9. The van der Waals surface area contributed by atoms with E-state index >= 15 is 0 Å². The number of ether oxygens (including phenoxy) is 2. The number of alkyl halides is 6. The number of benzene rings is 2. The van der Waals surface area contributed by atoms with Crippen LogP contribution in [0.2, 0.25) is 0 Å². The van der Waals surface area contributed by atoms with Gasteiger partial charge in [0.1, 0.15) is 24.8 Å². The maximum absolute atomic E-state index is 14.0. The number of amidine groups is 2. The Hall–Kier alpha value is -2.62. The van der Waals surface area contributed by atoms with Crippen molar-refractivity contribution in [3.8, 4) is 0 Å². The third kappa shape index (κ3) is 5.55. The smallest absolute Gasteiger partial charge is 0.283 e. The molecule has 38 heavy (non-hydrogen) atoms. The summed E-state index contributed by atoms with van der Waals surface area (Å²) in [6.07, 6.45) is -10.9. The Labute approximate surface area is 227 Å². The SMILES string of the molecule is NC1=N[C@@](c2cc(Br)ccc2F)(C(F)F)[C@@H](F)CO1.NC1=N[C@@](c2cc(Br)ccc2F)(C(F)F)[C@H](F)CO1. The molecule has 2 heterocycles. The van der Waals surface area contributed by atoms with E-state index in [0.29, 0.717) is 8.95 Å². The van der Waals surface area contributed by atoms with Crippen molar-refractivity contribution in [2.45, 2.75) is 36.3 Å². The van der Waals surface area contributed by atoms with Gasteiger partial charge in [-0.15, -0.1) is 0 Å². The summed E-state index contributed by atoms with van der Waals surface area (Å²) >= 11 is 6.05. The van der Waals surface area contributed by atoms with Crippen molar-refractivity contribution < 1.29 is 44.6 Å². The third-order valence-corrected chi connectivity index (χ3v) is 6.67. The summed E-state index contributed by atoms with van der Waals surface area (Å²) in [7, 11) is 0. The van der Waals surface area contributed by atoms with E-state index in [1.165, 1.54) is 12.1 Å². The Balaban J connectivity index is 0.000000211. The Morgan fingerprint density at radius 3 is 1.39 bits per heavy atom. The predicted octanol–water partition coefficient (Wildman–Crippen LogP) is 5.46. The Bertz CT molecular complexity index is 1140. The summed E-state index contributed by atoms with van der Waals surface area (Å²) in [4.78, 5) is 6.71. The van der Waals surface area contributed by atoms with Crippen molar-refractivity contribution in [2.24, 2.45) is 21.5 Å². The van der Waals surface area contributed by atoms with Crippen molar-refractivity contribution in [3.63, 3.8) is 0 Å². The molecule has 0 amide bonds. The maximum atomic E-state index is 14.0. The molecule has 0 fully saturated rings. The fraction of sp³-hybridized carbons (Fsp3) is 0.364. The van der Waals surface area contributed by atoms with Gasteiger partial charge in [0.25, 0.3) is 24.9 Å². The lowest BCUT2D eigenvalue weighted by Crippen LogP contribution is -2.50. The second kappa shape index (κ2) is 11.6. The molecular formula is C22H18Br2F8N4O2. The highest BCUT2D eigenvalue weighted by molar-refractivity contribution is 9.10. The highest BCUT2D eigenvalue weighted by Gasteiger charge is 2.55. The minimum absolute atomic E-state index is 0.330. The van der Waals surface area contributed by atoms with Crippen molar-refractivity contribution in [1.82, 2.24) is 0 Å². The van der Waals surface area contributed by atoms with Gasteiger partial charge < -0.3 is 20.9 Å². The second-order valence-electron chi connectivity index (χ2n) is 7.96. The zero-order valence-corrected chi connectivity index (χ0v) is 22.0. The fourth-order valence-electron chi connectivity index (χ4n) is 3.81. The molecule has 4 atom stereocenters. The Morgan fingerprint density at radius 2 is 1.08 bits per heavy atom. The van der Waals surface area contributed by atoms with Crippen LogP contribution >= 0.6 is 31.9 Å². The summed E-state index contributed by atoms with van der Waals surface area (Å²) in [6.45, 7) is -1.41. The van der Waals surface area contributed by atoms with Crippen LogP contribution in [0.4, 0.5) is 35.1 Å². The van der Waals surface area contributed by atoms with E-state index < -0.39 is 84.3 Å². The second-order valence-corrected chi connectivity index (χ2v) is 9.79. The van der Waals surface area contributed by atoms with Gasteiger partial charge in [-0.3, -0.25) is 0 Å². The molecule has 4 rings (SSSR count). The van der Waals surface area contributed by atoms with Crippen LogP contribution in [0, 0.1) is 11.6 Å². The summed E-state index contributed by atoms with van der Waals surface area (Å²) < 4.78 is 119. The van der Waals surface area contributed by atoms with Gasteiger partial charge in [0.05, 0.1) is 0 Å². The lowest BCUT2D eigenvalue weighted by molar-refractivity contribution is -0.0304. The van der Waals surface area contributed by atoms with E-state index in [2.05, 4.69) is 51.3 Å². The molecule has 0 unspecified atom stereocenters. The number of rotatable bonds is 4. The number of hydrogen-bond acceptors (Lipinski definition) is 6. The molecule has 0 spiro atoms. The monoisotopic (exact) mass is 680 g/mol. The summed E-state index contributed by atoms with van der Waals surface area (Å²) in [5.74, 6) is -1.96. The van der Waals surface area contributed by atoms with Crippen LogP contribution in [0.5, 0.6) is 0 Å². The normalized spacial score (nSPS) is 27.1. The number of aliphatic imine (C=N–C) groups is 2. The van der Waals surface area contributed by atoms with Crippen LogP contribution in [0.3, 0.4) is 0 Å². The van der Waals surface area contributed by atoms with Gasteiger partial charge in [-0.1, -0.05) is 31.9 Å². The molecule has 0 aromatic heterocycles. The van der Waals surface area contributed by atoms with Crippen molar-refractivity contribution in [3.05, 3.63) is 68.1 Å². The molecule has 6 nitrogen and oxygen atoms in total. The molecular weight excluding hydrogens is 664 g/mol. The zero-order valence-electron chi connectivity index (χ0n) is 18.8. The zero-order chi connectivity index (χ0) is 28.4. The van der Waals surface area contributed by atoms with Crippen LogP contribution < -0.4 is 11.5 Å². The van der Waals surface area contributed by atoms with Crippen LogP contribution in [0.1, 0.15) is 11.1 Å². The average molecular weight is 682 g/mol. The van der Waals surface area contributed by atoms with Gasteiger partial charge in [-0.05, 0) is 36.4 Å². The topological polar surface area (TPSA) is 95.2 Å². The van der Waals surface area contributed by atoms with Gasteiger partial charge in [-0.25, -0.2) is 45.1 Å². The van der Waals surface area contributed by atoms with E-state index in [-0.39, 0.29) is 0 Å². The number of halogens is 10. The molecule has 2 aliphatic heterocycles. The summed E-state index contributed by atoms with van der Waals surface area (Å²) in [5, 5.41) is 0. The highest BCUT2D eigenvalue weighted by Crippen LogP contribution is 2.43. The maximum Gasteiger partial charge on any atom is 0.283 e. The lowest BCUT2D eigenvalue weighted by Gasteiger charge is -2.35. The molecule has 0 saturated carbocycles. The molecule has 208 valence electrons. The first kappa shape index (κ1) is 29.9. The molecule has 0 bridgehead atoms. The Morgan fingerprint density at radius 1 is 0.737 bits per heavy atom. The van der Waals surface area contributed by atoms with E-state index in [1.54, 1.807) is 0 Å². The van der Waals surface area contributed by atoms with E-state index in [9.17, 15) is 35.1 Å². The minimum atomic E-state index is -3.27. The molecule has 2 aromatic rings. The van der Waals surface area contributed by atoms with Crippen LogP contribution in [-0.4, -0.2) is 50.5 Å². The largest absolute Gasteiger partial charge is 0.462 e. The van der Waals surface area contributed by atoms with Gasteiger partial charge in [0.2, 0.25) is 0 Å². The molecule has 16 heteroatoms. The first-order valence-corrected chi connectivity index (χ1v) is 12.1. The van der Waals surface area contributed by atoms with Crippen LogP contribution in [0.15, 0.2) is 55.3 Å². The predicted molar refractivity (Wildman–Crippen MR) is 129 cm³/mol. The van der Waals surface area contributed by atoms with Gasteiger partial charge in [0, 0.05) is 20.1 Å². The standard InChI is InChI=1S/2C11H9BrF4N2O/c2*12-5-1-2-7(13)6(3-5)11(9(15)16)8(14)4-19-10(17)18-11/h2*1-3,8-9H,4H2,(H2,17,18)/t8-,11+;8-,11-/m01/s1. The molecule has 2 aromatic carbocycles. The van der Waals surface area contributed by atoms with Crippen molar-refractivity contribution >= 4 is 43.9 Å². The van der Waals surface area contributed by atoms with E-state index in [0.717, 1.165) is 24.3 Å². The number of nitrogens with two attached hydrogens (primary N) is 2. The number of nitrogens with zero attached hydrogens (tertiary/aromatic N) is 2. The van der Waals surface area contributed by atoms with Crippen molar-refractivity contribution in [1.29, 1.82) is 0 Å². The molecule has 0 saturated heterocycles. The summed E-state index contributed by atoms with van der Waals surface area (Å²) in [5.41, 5.74) is 3.97. The molecule has 0 radical (unpaired) electrons. The van der Waals surface area contributed by atoms with Gasteiger partial charge in [-0.2, -0.15) is 0 Å². The first-order chi connectivity index (χ1) is 17.7. The van der Waals surface area contributed by atoms with Gasteiger partial charge >= 0.3 is 0 Å². The lowest BCUT2D eigenvalue weighted by atomic mass is 9.85. The number of hydrogen-bond donors (Lipinski definition) is 2. The molecule has 2 aliphatic rings. The Kier molecular flexibility index (Phi) is 9.16. The third-order valence-electron chi connectivity index (χ3n) is 5.69. The summed E-state index contributed by atoms with van der Waals surface area (Å²) in [6, 6.07) is 5.50. The fourth-order valence-corrected chi connectivity index (χ4v) is 4.54. The van der Waals surface area contributed by atoms with Crippen LogP contribution in [-0.2, 0) is 20.6 Å². The average Bonchev–Trinajstić information content (AvgIpc) is 2.85. The van der Waals surface area contributed by atoms with E-state index in [1.807, 2.05) is 0 Å². The van der Waals surface area contributed by atoms with Crippen LogP contribution in [0.25, 0.3) is 0 Å². The quantitative estimate of drug-likeness (QED) is 0.419. The minimum Gasteiger partial charge on any atom is -0.462 e. The van der Waals surface area contributed by atoms with Crippen molar-refractivity contribution in [2.75, 3.05) is 13.2 Å². The van der Waals surface area contributed by atoms with E-state index in [4.69, 9.17) is 11.5 Å².